The molecule has 0 aromatic heterocycles. The van der Waals surface area contributed by atoms with Crippen LogP contribution >= 0.6 is 7.92 Å². The second kappa shape index (κ2) is 4.76. The lowest BCUT2D eigenvalue weighted by Crippen LogP contribution is -2.28. The van der Waals surface area contributed by atoms with E-state index < -0.39 is 8.07 Å². The predicted molar refractivity (Wildman–Crippen MR) is 65.4 cm³/mol. The molecule has 0 atom stereocenters. The summed E-state index contributed by atoms with van der Waals surface area (Å²) in [5, 5.41) is 0. The minimum atomic E-state index is -0.817. The highest BCUT2D eigenvalue weighted by molar-refractivity contribution is 7.61. The Morgan fingerprint density at radius 2 is 1.25 bits per heavy atom. The van der Waals surface area contributed by atoms with Crippen LogP contribution in [0.2, 0.25) is 19.6 Å². The van der Waals surface area contributed by atoms with Crippen molar-refractivity contribution in [1.29, 1.82) is 0 Å². The lowest BCUT2D eigenvalue weighted by Gasteiger charge is -2.31. The number of hydrogen-bond donors (Lipinski definition) is 0. The minimum Gasteiger partial charge on any atom is -0.104 e. The summed E-state index contributed by atoms with van der Waals surface area (Å²) in [6, 6.07) is 0. The molecule has 0 aliphatic carbocycles. The second-order valence-electron chi connectivity index (χ2n) is 5.42. The molecule has 0 rings (SSSR count). The fourth-order valence-corrected chi connectivity index (χ4v) is 10.0. The maximum atomic E-state index is 2.49. The second-order valence-corrected chi connectivity index (χ2v) is 14.9. The smallest absolute Gasteiger partial charge is 0.0485 e. The molecular weight excluding hydrogens is 179 g/mol. The third-order valence-corrected chi connectivity index (χ3v) is 9.89. The lowest BCUT2D eigenvalue weighted by molar-refractivity contribution is 1.01. The first-order chi connectivity index (χ1) is 5.24. The van der Waals surface area contributed by atoms with Crippen LogP contribution in [0.25, 0.3) is 0 Å². The molecule has 0 nitrogen and oxygen atoms in total. The lowest BCUT2D eigenvalue weighted by atomic mass is 10.5. The minimum absolute atomic E-state index is 0.295. The first-order valence-electron chi connectivity index (χ1n) is 5.00. The molecular formula is C10H25PSi. The summed E-state index contributed by atoms with van der Waals surface area (Å²) in [5.41, 5.74) is 1.85. The van der Waals surface area contributed by atoms with Crippen LogP contribution in [0.5, 0.6) is 0 Å². The molecule has 0 aromatic rings. The van der Waals surface area contributed by atoms with Gasteiger partial charge in [-0.3, -0.25) is 0 Å². The summed E-state index contributed by atoms with van der Waals surface area (Å²) in [4.78, 5) is 0. The Labute approximate surface area is 80.9 Å². The van der Waals surface area contributed by atoms with Crippen LogP contribution in [0.4, 0.5) is 0 Å². The summed E-state index contributed by atoms with van der Waals surface area (Å²) in [6.07, 6.45) is 0. The van der Waals surface area contributed by atoms with Gasteiger partial charge in [0, 0.05) is 8.07 Å². The summed E-state index contributed by atoms with van der Waals surface area (Å²) in [7, 11) is -0.522. The molecule has 0 unspecified atom stereocenters. The molecule has 0 aliphatic rings. The normalized spacial score (nSPS) is 13.5. The van der Waals surface area contributed by atoms with Crippen LogP contribution in [-0.2, 0) is 0 Å². The van der Waals surface area contributed by atoms with Crippen molar-refractivity contribution >= 4 is 16.0 Å². The van der Waals surface area contributed by atoms with Gasteiger partial charge in [0.15, 0.2) is 0 Å². The topological polar surface area (TPSA) is 0 Å². The molecule has 0 aromatic carbocycles. The molecule has 2 heteroatoms. The van der Waals surface area contributed by atoms with E-state index >= 15 is 0 Å². The van der Waals surface area contributed by atoms with E-state index in [1.807, 2.05) is 0 Å². The Hall–Kier alpha value is 0.647. The molecule has 74 valence electrons. The van der Waals surface area contributed by atoms with E-state index in [2.05, 4.69) is 47.3 Å². The molecule has 0 amide bonds. The molecule has 0 N–H and O–H groups in total. The molecule has 0 radical (unpaired) electrons. The third-order valence-electron chi connectivity index (χ3n) is 1.98. The van der Waals surface area contributed by atoms with Gasteiger partial charge in [0.05, 0.1) is 0 Å². The molecule has 0 spiro atoms. The Kier molecular flexibility index (Phi) is 5.02. The van der Waals surface area contributed by atoms with Crippen molar-refractivity contribution in [1.82, 2.24) is 0 Å². The largest absolute Gasteiger partial charge is 0.104 e. The van der Waals surface area contributed by atoms with E-state index in [1.165, 1.54) is 0 Å². The zero-order valence-corrected chi connectivity index (χ0v) is 11.7. The molecule has 0 heterocycles. The van der Waals surface area contributed by atoms with E-state index in [0.29, 0.717) is 7.92 Å². The van der Waals surface area contributed by atoms with Gasteiger partial charge in [0.25, 0.3) is 0 Å². The maximum Gasteiger partial charge on any atom is 0.0485 e. The van der Waals surface area contributed by atoms with Crippen LogP contribution in [0.1, 0.15) is 27.7 Å². The SMILES string of the molecule is CC(C)P(C[Si](C)(C)C)C(C)C. The van der Waals surface area contributed by atoms with Gasteiger partial charge in [-0.1, -0.05) is 47.3 Å². The zero-order valence-electron chi connectivity index (χ0n) is 9.81. The highest BCUT2D eigenvalue weighted by Crippen LogP contribution is 2.47. The fourth-order valence-electron chi connectivity index (χ4n) is 1.51. The van der Waals surface area contributed by atoms with Gasteiger partial charge in [-0.2, -0.15) is 0 Å². The molecule has 0 aliphatic heterocycles. The van der Waals surface area contributed by atoms with E-state index in [-0.39, 0.29) is 0 Å². The Balaban J connectivity index is 4.15. The van der Waals surface area contributed by atoms with Crippen LogP contribution in [-0.4, -0.2) is 25.2 Å². The van der Waals surface area contributed by atoms with Crippen LogP contribution in [0, 0.1) is 0 Å². The standard InChI is InChI=1S/C10H25PSi/c1-9(2)11(10(3)4)8-12(5,6)7/h9-10H,8H2,1-7H3. The number of rotatable bonds is 4. The summed E-state index contributed by atoms with van der Waals surface area (Å²) in [5.74, 6) is 1.55. The molecule has 0 fully saturated rings. The van der Waals surface area contributed by atoms with E-state index in [1.54, 1.807) is 5.79 Å². The van der Waals surface area contributed by atoms with Crippen LogP contribution < -0.4 is 0 Å². The quantitative estimate of drug-likeness (QED) is 0.476. The van der Waals surface area contributed by atoms with E-state index in [0.717, 1.165) is 11.3 Å². The maximum absolute atomic E-state index is 2.49. The Morgan fingerprint density at radius 3 is 1.33 bits per heavy atom. The van der Waals surface area contributed by atoms with Gasteiger partial charge in [-0.25, -0.2) is 0 Å². The van der Waals surface area contributed by atoms with E-state index in [4.69, 9.17) is 0 Å². The van der Waals surface area contributed by atoms with Gasteiger partial charge >= 0.3 is 0 Å². The van der Waals surface area contributed by atoms with Crippen molar-refractivity contribution in [2.24, 2.45) is 0 Å². The van der Waals surface area contributed by atoms with Gasteiger partial charge in [0.1, 0.15) is 0 Å². The van der Waals surface area contributed by atoms with Crippen LogP contribution in [0.3, 0.4) is 0 Å². The molecule has 0 saturated heterocycles. The summed E-state index contributed by atoms with van der Waals surface area (Å²) < 4.78 is 0. The average Bonchev–Trinajstić information content (AvgIpc) is 1.79. The Morgan fingerprint density at radius 1 is 0.917 bits per heavy atom. The van der Waals surface area contributed by atoms with Crippen LogP contribution in [0.15, 0.2) is 0 Å². The van der Waals surface area contributed by atoms with E-state index in [9.17, 15) is 0 Å². The summed E-state index contributed by atoms with van der Waals surface area (Å²) in [6.45, 7) is 17.1. The Bertz CT molecular complexity index is 116. The third kappa shape index (κ3) is 5.32. The van der Waals surface area contributed by atoms with Crippen molar-refractivity contribution in [2.45, 2.75) is 58.7 Å². The zero-order chi connectivity index (χ0) is 9.94. The first kappa shape index (κ1) is 12.6. The molecule has 0 bridgehead atoms. The van der Waals surface area contributed by atoms with Gasteiger partial charge in [0.2, 0.25) is 0 Å². The van der Waals surface area contributed by atoms with Gasteiger partial charge < -0.3 is 0 Å². The van der Waals surface area contributed by atoms with Crippen molar-refractivity contribution in [3.05, 3.63) is 0 Å². The predicted octanol–water partition coefficient (Wildman–Crippen LogP) is 4.16. The average molecular weight is 204 g/mol. The first-order valence-corrected chi connectivity index (χ1v) is 10.4. The van der Waals surface area contributed by atoms with Crippen molar-refractivity contribution in [3.8, 4) is 0 Å². The summed E-state index contributed by atoms with van der Waals surface area (Å²) >= 11 is 0. The van der Waals surface area contributed by atoms with Crippen molar-refractivity contribution in [2.75, 3.05) is 5.79 Å². The van der Waals surface area contributed by atoms with Gasteiger partial charge in [-0.15, -0.1) is 7.92 Å². The van der Waals surface area contributed by atoms with Gasteiger partial charge in [-0.05, 0) is 17.1 Å². The highest BCUT2D eigenvalue weighted by Gasteiger charge is 2.24. The monoisotopic (exact) mass is 204 g/mol. The van der Waals surface area contributed by atoms with Crippen molar-refractivity contribution < 1.29 is 0 Å². The fraction of sp³-hybridized carbons (Fsp3) is 1.00. The van der Waals surface area contributed by atoms with Crippen molar-refractivity contribution in [3.63, 3.8) is 0 Å². The highest BCUT2D eigenvalue weighted by atomic mass is 31.1. The molecule has 12 heavy (non-hydrogen) atoms. The molecule has 0 saturated carbocycles. The number of hydrogen-bond acceptors (Lipinski definition) is 0.